The molecule has 3 aromatic carbocycles. The Bertz CT molecular complexity index is 1370. The molecule has 0 aromatic heterocycles. The number of anilines is 3. The van der Waals surface area contributed by atoms with Crippen LogP contribution in [0.3, 0.4) is 0 Å². The van der Waals surface area contributed by atoms with E-state index < -0.39 is 33.1 Å². The average molecular weight is 625 g/mol. The number of nitrogens with one attached hydrogen (secondary N) is 3. The van der Waals surface area contributed by atoms with E-state index in [1.54, 1.807) is 18.2 Å². The molecule has 0 aliphatic heterocycles. The fraction of sp³-hybridized carbons (Fsp3) is 0.0870. The maximum absolute atomic E-state index is 12.7. The third-order valence-electron chi connectivity index (χ3n) is 4.77. The molecule has 1 unspecified atom stereocenters. The average Bonchev–Trinajstić information content (AvgIpc) is 2.77. The molecule has 0 saturated carbocycles. The van der Waals surface area contributed by atoms with Crippen LogP contribution in [-0.2, 0) is 24.5 Å². The van der Waals surface area contributed by atoms with Crippen molar-refractivity contribution in [3.05, 3.63) is 86.8 Å². The summed E-state index contributed by atoms with van der Waals surface area (Å²) in [4.78, 5) is 37.4. The first-order valence-electron chi connectivity index (χ1n) is 9.96. The lowest BCUT2D eigenvalue weighted by molar-refractivity contribution is -0.132. The van der Waals surface area contributed by atoms with Crippen molar-refractivity contribution in [3.8, 4) is 0 Å². The Labute approximate surface area is 218 Å². The van der Waals surface area contributed by atoms with Crippen LogP contribution in [0.5, 0.6) is 0 Å². The lowest BCUT2D eigenvalue weighted by Gasteiger charge is -2.15. The van der Waals surface area contributed by atoms with Gasteiger partial charge in [0.2, 0.25) is 5.91 Å². The second-order valence-electron chi connectivity index (χ2n) is 7.35. The molecule has 0 heterocycles. The maximum atomic E-state index is 12.7. The van der Waals surface area contributed by atoms with Crippen LogP contribution >= 0.6 is 31.9 Å². The van der Waals surface area contributed by atoms with E-state index in [-0.39, 0.29) is 16.9 Å². The number of carbonyl (C=O) groups excluding carboxylic acids is 3. The predicted molar refractivity (Wildman–Crippen MR) is 140 cm³/mol. The predicted octanol–water partition coefficient (Wildman–Crippen LogP) is 4.66. The third kappa shape index (κ3) is 6.98. The molecule has 0 spiro atoms. The number of amides is 3. The highest BCUT2D eigenvalue weighted by Gasteiger charge is 2.32. The van der Waals surface area contributed by atoms with Crippen LogP contribution in [0.4, 0.5) is 17.1 Å². The van der Waals surface area contributed by atoms with Crippen LogP contribution in [0.25, 0.3) is 0 Å². The van der Waals surface area contributed by atoms with Crippen LogP contribution in [0, 0.1) is 6.92 Å². The van der Waals surface area contributed by atoms with Gasteiger partial charge in [0.05, 0.1) is 0 Å². The van der Waals surface area contributed by atoms with Crippen molar-refractivity contribution in [1.29, 1.82) is 0 Å². The highest BCUT2D eigenvalue weighted by Crippen LogP contribution is 2.29. The summed E-state index contributed by atoms with van der Waals surface area (Å²) in [5.41, 5.74) is 1.73. The van der Waals surface area contributed by atoms with E-state index in [1.807, 2.05) is 6.92 Å². The van der Waals surface area contributed by atoms with Gasteiger partial charge in [-0.1, -0.05) is 68.3 Å². The molecular formula is C23H19Br2N3O6S. The summed E-state index contributed by atoms with van der Waals surface area (Å²) in [7, 11) is -4.76. The summed E-state index contributed by atoms with van der Waals surface area (Å²) in [6, 6.07) is 16.6. The van der Waals surface area contributed by atoms with Crippen molar-refractivity contribution in [2.24, 2.45) is 0 Å². The van der Waals surface area contributed by atoms with Crippen LogP contribution in [0.2, 0.25) is 0 Å². The first-order chi connectivity index (χ1) is 16.5. The molecule has 9 nitrogen and oxygen atoms in total. The molecule has 12 heteroatoms. The van der Waals surface area contributed by atoms with Gasteiger partial charge in [-0.25, -0.2) is 0 Å². The Balaban J connectivity index is 1.71. The number of rotatable bonds is 6. The van der Waals surface area contributed by atoms with Crippen LogP contribution < -0.4 is 16.0 Å². The Morgan fingerprint density at radius 1 is 0.771 bits per heavy atom. The van der Waals surface area contributed by atoms with Crippen LogP contribution in [-0.4, -0.2) is 30.7 Å². The summed E-state index contributed by atoms with van der Waals surface area (Å²) in [6.45, 7) is 1.87. The number of hydrogen-bond acceptors (Lipinski definition) is 5. The Morgan fingerprint density at radius 2 is 1.29 bits per heavy atom. The van der Waals surface area contributed by atoms with E-state index >= 15 is 0 Å². The van der Waals surface area contributed by atoms with E-state index in [0.29, 0.717) is 5.69 Å². The van der Waals surface area contributed by atoms with Crippen molar-refractivity contribution < 1.29 is 27.4 Å². The van der Waals surface area contributed by atoms with E-state index in [0.717, 1.165) is 14.5 Å². The lowest BCUT2D eigenvalue weighted by Crippen LogP contribution is -2.29. The Morgan fingerprint density at radius 3 is 1.83 bits per heavy atom. The highest BCUT2D eigenvalue weighted by molar-refractivity contribution is 9.11. The van der Waals surface area contributed by atoms with Gasteiger partial charge in [-0.15, -0.1) is 0 Å². The van der Waals surface area contributed by atoms with E-state index in [9.17, 15) is 27.4 Å². The summed E-state index contributed by atoms with van der Waals surface area (Å²) in [5.74, 6) is -2.87. The van der Waals surface area contributed by atoms with Crippen molar-refractivity contribution in [2.75, 3.05) is 16.0 Å². The SMILES string of the molecule is Cc1c(Br)cc(NC(=O)C(=O)Nc2cccc(NC(=O)C(c3ccccc3)S(=O)(=O)O)c2)cc1Br. The molecular weight excluding hydrogens is 606 g/mol. The lowest BCUT2D eigenvalue weighted by atomic mass is 10.1. The van der Waals surface area contributed by atoms with Gasteiger partial charge >= 0.3 is 11.8 Å². The zero-order valence-electron chi connectivity index (χ0n) is 18.1. The minimum absolute atomic E-state index is 0.0861. The molecule has 0 fully saturated rings. The molecule has 3 amide bonds. The number of hydrogen-bond donors (Lipinski definition) is 4. The summed E-state index contributed by atoms with van der Waals surface area (Å²) >= 11 is 6.75. The van der Waals surface area contributed by atoms with Crippen LogP contribution in [0.1, 0.15) is 16.4 Å². The standard InChI is InChI=1S/C23H19Br2N3O6S/c1-13-18(24)11-17(12-19(13)25)28-23(31)22(30)27-16-9-5-8-15(10-16)26-21(29)20(35(32,33)34)14-6-3-2-4-7-14/h2-12,20H,1H3,(H,26,29)(H,27,30)(H,28,31)(H,32,33,34). The van der Waals surface area contributed by atoms with Crippen LogP contribution in [0.15, 0.2) is 75.7 Å². The van der Waals surface area contributed by atoms with Crippen molar-refractivity contribution >= 4 is 76.8 Å². The maximum Gasteiger partial charge on any atom is 0.314 e. The van der Waals surface area contributed by atoms with Gasteiger partial charge in [0.25, 0.3) is 10.1 Å². The molecule has 0 aliphatic rings. The number of benzene rings is 3. The number of carbonyl (C=O) groups is 3. The fourth-order valence-electron chi connectivity index (χ4n) is 3.06. The summed E-state index contributed by atoms with van der Waals surface area (Å²) in [5, 5.41) is 5.47. The molecule has 35 heavy (non-hydrogen) atoms. The van der Waals surface area contributed by atoms with Crippen molar-refractivity contribution in [3.63, 3.8) is 0 Å². The minimum atomic E-state index is -4.76. The molecule has 0 aliphatic carbocycles. The molecule has 0 bridgehead atoms. The zero-order chi connectivity index (χ0) is 25.8. The first-order valence-corrected chi connectivity index (χ1v) is 13.0. The van der Waals surface area contributed by atoms with Crippen molar-refractivity contribution in [1.82, 2.24) is 0 Å². The van der Waals surface area contributed by atoms with E-state index in [4.69, 9.17) is 0 Å². The summed E-state index contributed by atoms with van der Waals surface area (Å²) < 4.78 is 34.8. The van der Waals surface area contributed by atoms with Crippen molar-refractivity contribution in [2.45, 2.75) is 12.2 Å². The van der Waals surface area contributed by atoms with Gasteiger partial charge < -0.3 is 16.0 Å². The Hall–Kier alpha value is -3.06. The molecule has 3 aromatic rings. The van der Waals surface area contributed by atoms with Gasteiger partial charge in [-0.05, 0) is 48.4 Å². The quantitative estimate of drug-likeness (QED) is 0.232. The first kappa shape index (κ1) is 26.5. The molecule has 0 radical (unpaired) electrons. The third-order valence-corrected chi connectivity index (χ3v) is 7.50. The monoisotopic (exact) mass is 623 g/mol. The summed E-state index contributed by atoms with van der Waals surface area (Å²) in [6.07, 6.45) is 0. The van der Waals surface area contributed by atoms with Gasteiger partial charge in [0, 0.05) is 26.0 Å². The minimum Gasteiger partial charge on any atom is -0.325 e. The Kier molecular flexibility index (Phi) is 8.43. The normalized spacial score (nSPS) is 11.9. The van der Waals surface area contributed by atoms with E-state index in [1.165, 1.54) is 48.5 Å². The molecule has 1 atom stereocenters. The number of halogens is 2. The smallest absolute Gasteiger partial charge is 0.314 e. The van der Waals surface area contributed by atoms with Gasteiger partial charge in [-0.2, -0.15) is 8.42 Å². The fourth-order valence-corrected chi connectivity index (χ4v) is 5.08. The molecule has 182 valence electrons. The molecule has 0 saturated heterocycles. The second kappa shape index (κ2) is 11.1. The molecule has 3 rings (SSSR count). The highest BCUT2D eigenvalue weighted by atomic mass is 79.9. The van der Waals surface area contributed by atoms with Gasteiger partial charge in [0.1, 0.15) is 0 Å². The van der Waals surface area contributed by atoms with Gasteiger partial charge in [-0.3, -0.25) is 18.9 Å². The zero-order valence-corrected chi connectivity index (χ0v) is 22.1. The topological polar surface area (TPSA) is 142 Å². The largest absolute Gasteiger partial charge is 0.325 e. The molecule has 4 N–H and O–H groups in total. The second-order valence-corrected chi connectivity index (χ2v) is 10.6. The van der Waals surface area contributed by atoms with Gasteiger partial charge in [0.15, 0.2) is 5.25 Å². The van der Waals surface area contributed by atoms with E-state index in [2.05, 4.69) is 47.8 Å².